The summed E-state index contributed by atoms with van der Waals surface area (Å²) in [5.74, 6) is -1.53. The Hall–Kier alpha value is -1.07. The highest BCUT2D eigenvalue weighted by atomic mass is 35.5. The fraction of sp³-hybridized carbons (Fsp3) is 0.333. The van der Waals surface area contributed by atoms with E-state index >= 15 is 0 Å². The van der Waals surface area contributed by atoms with Crippen molar-refractivity contribution in [2.75, 3.05) is 14.2 Å². The number of hydrogen-bond donors (Lipinski definition) is 0. The first-order valence-corrected chi connectivity index (χ1v) is 5.31. The summed E-state index contributed by atoms with van der Waals surface area (Å²) in [6.45, 7) is 0.353. The molecule has 4 nitrogen and oxygen atoms in total. The van der Waals surface area contributed by atoms with Gasteiger partial charge in [-0.25, -0.2) is 4.79 Å². The van der Waals surface area contributed by atoms with Crippen LogP contribution in [0, 0.1) is 0 Å². The van der Waals surface area contributed by atoms with Gasteiger partial charge in [-0.05, 0) is 12.1 Å². The third kappa shape index (κ3) is 3.21. The van der Waals surface area contributed by atoms with Crippen molar-refractivity contribution in [1.82, 2.24) is 4.90 Å². The van der Waals surface area contributed by atoms with Gasteiger partial charge in [-0.1, -0.05) is 11.6 Å². The van der Waals surface area contributed by atoms with Crippen LogP contribution >= 0.6 is 22.9 Å². The van der Waals surface area contributed by atoms with Gasteiger partial charge in [-0.3, -0.25) is 4.79 Å². The Morgan fingerprint density at radius 1 is 1.53 bits per heavy atom. The molecule has 15 heavy (non-hydrogen) atoms. The molecule has 6 heteroatoms. The summed E-state index contributed by atoms with van der Waals surface area (Å²) in [5.41, 5.74) is 0. The fourth-order valence-electron chi connectivity index (χ4n) is 0.985. The third-order valence-electron chi connectivity index (χ3n) is 1.73. The van der Waals surface area contributed by atoms with E-state index in [1.54, 1.807) is 6.07 Å². The zero-order chi connectivity index (χ0) is 11.4. The molecule has 0 saturated carbocycles. The van der Waals surface area contributed by atoms with Gasteiger partial charge in [-0.15, -0.1) is 11.3 Å². The molecule has 0 bridgehead atoms. The van der Waals surface area contributed by atoms with Crippen molar-refractivity contribution in [3.8, 4) is 0 Å². The molecule has 0 radical (unpaired) electrons. The standard InChI is InChI=1S/C9H10ClNO3S/c1-11(8(12)9(13)14-2)5-6-3-4-7(10)15-6/h3-4H,5H2,1-2H3. The van der Waals surface area contributed by atoms with E-state index in [1.807, 2.05) is 6.07 Å². The number of rotatable bonds is 2. The molecule has 1 heterocycles. The molecule has 1 rings (SSSR count). The SMILES string of the molecule is COC(=O)C(=O)N(C)Cc1ccc(Cl)s1. The number of methoxy groups -OCH3 is 1. The van der Waals surface area contributed by atoms with Crippen LogP contribution in [0.15, 0.2) is 12.1 Å². The summed E-state index contributed by atoms with van der Waals surface area (Å²) in [4.78, 5) is 24.4. The molecule has 1 aromatic heterocycles. The van der Waals surface area contributed by atoms with Gasteiger partial charge in [0, 0.05) is 11.9 Å². The zero-order valence-electron chi connectivity index (χ0n) is 8.32. The van der Waals surface area contributed by atoms with E-state index in [9.17, 15) is 9.59 Å². The monoisotopic (exact) mass is 247 g/mol. The molecule has 0 aliphatic rings. The third-order valence-corrected chi connectivity index (χ3v) is 2.94. The maximum atomic E-state index is 11.3. The van der Waals surface area contributed by atoms with Crippen molar-refractivity contribution < 1.29 is 14.3 Å². The summed E-state index contributed by atoms with van der Waals surface area (Å²) in [6, 6.07) is 3.56. The van der Waals surface area contributed by atoms with Crippen LogP contribution < -0.4 is 0 Å². The maximum absolute atomic E-state index is 11.3. The van der Waals surface area contributed by atoms with Crippen molar-refractivity contribution in [1.29, 1.82) is 0 Å². The highest BCUT2D eigenvalue weighted by Crippen LogP contribution is 2.22. The highest BCUT2D eigenvalue weighted by molar-refractivity contribution is 7.16. The second-order valence-electron chi connectivity index (χ2n) is 2.86. The second kappa shape index (κ2) is 5.14. The Morgan fingerprint density at radius 2 is 2.20 bits per heavy atom. The smallest absolute Gasteiger partial charge is 0.396 e. The van der Waals surface area contributed by atoms with E-state index < -0.39 is 11.9 Å². The van der Waals surface area contributed by atoms with Crippen LogP contribution in [0.4, 0.5) is 0 Å². The molecule has 1 amide bonds. The van der Waals surface area contributed by atoms with Crippen molar-refractivity contribution in [2.45, 2.75) is 6.54 Å². The van der Waals surface area contributed by atoms with Gasteiger partial charge in [0.15, 0.2) is 0 Å². The number of esters is 1. The molecule has 0 unspecified atom stereocenters. The van der Waals surface area contributed by atoms with E-state index in [4.69, 9.17) is 11.6 Å². The van der Waals surface area contributed by atoms with Crippen molar-refractivity contribution in [2.24, 2.45) is 0 Å². The van der Waals surface area contributed by atoms with Crippen molar-refractivity contribution in [3.63, 3.8) is 0 Å². The number of nitrogens with zero attached hydrogens (tertiary/aromatic N) is 1. The van der Waals surface area contributed by atoms with Crippen LogP contribution in [0.1, 0.15) is 4.88 Å². The lowest BCUT2D eigenvalue weighted by molar-refractivity contribution is -0.157. The lowest BCUT2D eigenvalue weighted by Gasteiger charge is -2.13. The van der Waals surface area contributed by atoms with E-state index in [0.717, 1.165) is 4.88 Å². The maximum Gasteiger partial charge on any atom is 0.396 e. The largest absolute Gasteiger partial charge is 0.462 e. The van der Waals surface area contributed by atoms with Crippen LogP contribution in [0.2, 0.25) is 4.34 Å². The predicted octanol–water partition coefficient (Wildman–Crippen LogP) is 1.53. The first kappa shape index (κ1) is 12.0. The average molecular weight is 248 g/mol. The average Bonchev–Trinajstić information content (AvgIpc) is 2.61. The highest BCUT2D eigenvalue weighted by Gasteiger charge is 2.19. The van der Waals surface area contributed by atoms with Gasteiger partial charge < -0.3 is 9.64 Å². The fourth-order valence-corrected chi connectivity index (χ4v) is 2.13. The number of likely N-dealkylation sites (N-methyl/N-ethyl adjacent to an activating group) is 1. The second-order valence-corrected chi connectivity index (χ2v) is 4.66. The predicted molar refractivity (Wildman–Crippen MR) is 57.8 cm³/mol. The molecule has 0 spiro atoms. The van der Waals surface area contributed by atoms with Crippen LogP contribution in [0.5, 0.6) is 0 Å². The number of amides is 1. The van der Waals surface area contributed by atoms with Gasteiger partial charge in [-0.2, -0.15) is 0 Å². The lowest BCUT2D eigenvalue weighted by Crippen LogP contribution is -2.33. The van der Waals surface area contributed by atoms with Gasteiger partial charge in [0.1, 0.15) is 0 Å². The minimum atomic E-state index is -0.861. The molecule has 82 valence electrons. The molecular formula is C9H10ClNO3S. The van der Waals surface area contributed by atoms with Gasteiger partial charge >= 0.3 is 11.9 Å². The summed E-state index contributed by atoms with van der Waals surface area (Å²) >= 11 is 7.11. The molecular weight excluding hydrogens is 238 g/mol. The first-order chi connectivity index (χ1) is 7.04. The minimum Gasteiger partial charge on any atom is -0.462 e. The van der Waals surface area contributed by atoms with Crippen LogP contribution in [0.25, 0.3) is 0 Å². The van der Waals surface area contributed by atoms with Gasteiger partial charge in [0.05, 0.1) is 18.0 Å². The number of carbonyl (C=O) groups is 2. The summed E-state index contributed by atoms with van der Waals surface area (Å²) in [7, 11) is 2.71. The molecule has 0 atom stereocenters. The number of hydrogen-bond acceptors (Lipinski definition) is 4. The molecule has 0 saturated heterocycles. The normalized spacial score (nSPS) is 9.80. The molecule has 0 aromatic carbocycles. The van der Waals surface area contributed by atoms with Crippen LogP contribution in [-0.2, 0) is 20.9 Å². The van der Waals surface area contributed by atoms with Crippen LogP contribution in [-0.4, -0.2) is 30.9 Å². The number of ether oxygens (including phenoxy) is 1. The number of carbonyl (C=O) groups excluding carboxylic acids is 2. The molecule has 0 N–H and O–H groups in total. The first-order valence-electron chi connectivity index (χ1n) is 4.12. The Kier molecular flexibility index (Phi) is 4.11. The molecule has 1 aromatic rings. The number of thiophene rings is 1. The van der Waals surface area contributed by atoms with E-state index in [2.05, 4.69) is 4.74 Å². The Balaban J connectivity index is 2.59. The quantitative estimate of drug-likeness (QED) is 0.588. The van der Waals surface area contributed by atoms with Crippen molar-refractivity contribution >= 4 is 34.8 Å². The lowest BCUT2D eigenvalue weighted by atomic mass is 10.4. The minimum absolute atomic E-state index is 0.353. The summed E-state index contributed by atoms with van der Waals surface area (Å²) in [5, 5.41) is 0. The molecule has 0 aliphatic carbocycles. The van der Waals surface area contributed by atoms with Gasteiger partial charge in [0.25, 0.3) is 0 Å². The van der Waals surface area contributed by atoms with E-state index in [0.29, 0.717) is 10.9 Å². The summed E-state index contributed by atoms with van der Waals surface area (Å²) in [6.07, 6.45) is 0. The zero-order valence-corrected chi connectivity index (χ0v) is 9.89. The van der Waals surface area contributed by atoms with E-state index in [-0.39, 0.29) is 0 Å². The van der Waals surface area contributed by atoms with E-state index in [1.165, 1.54) is 30.4 Å². The number of halogens is 1. The topological polar surface area (TPSA) is 46.6 Å². The summed E-state index contributed by atoms with van der Waals surface area (Å²) < 4.78 is 4.98. The molecule has 0 aliphatic heterocycles. The Labute approximate surface area is 96.4 Å². The Morgan fingerprint density at radius 3 is 2.67 bits per heavy atom. The van der Waals surface area contributed by atoms with Gasteiger partial charge in [0.2, 0.25) is 0 Å². The van der Waals surface area contributed by atoms with Crippen molar-refractivity contribution in [3.05, 3.63) is 21.3 Å². The Bertz CT molecular complexity index is 377. The van der Waals surface area contributed by atoms with Crippen LogP contribution in [0.3, 0.4) is 0 Å². The molecule has 0 fully saturated rings.